The van der Waals surface area contributed by atoms with Gasteiger partial charge >= 0.3 is 11.9 Å². The largest absolute Gasteiger partial charge is 0.490 e. The zero-order chi connectivity index (χ0) is 28.8. The van der Waals surface area contributed by atoms with E-state index >= 15 is 0 Å². The maximum absolute atomic E-state index is 13.8. The molecule has 1 aliphatic heterocycles. The molecule has 0 bridgehead atoms. The van der Waals surface area contributed by atoms with Crippen LogP contribution in [0.1, 0.15) is 44.9 Å². The van der Waals surface area contributed by atoms with Crippen molar-refractivity contribution in [2.24, 2.45) is 4.99 Å². The standard InChI is InChI=1S/C29H30N2O8S/c1-6-36-21-12-10-19(15-24(21)38-8-3)26-20(28(34)35-5)16-30-29-31(26)27(33)25(40-29)14-18-9-11-22(39-17(4)32)23(13-18)37-7-2/h9-16,26H,6-8H2,1-5H3/b25-14+/t26-/m0/s1. The first-order valence-electron chi connectivity index (χ1n) is 12.7. The fourth-order valence-corrected chi connectivity index (χ4v) is 5.23. The van der Waals surface area contributed by atoms with Crippen LogP contribution in [0.3, 0.4) is 0 Å². The maximum atomic E-state index is 13.8. The fourth-order valence-electron chi connectivity index (χ4n) is 4.26. The SMILES string of the molecule is CCOc1ccc([C@H]2C(C(=O)OC)=CN=c3s/c(=C/c4ccc(OC(C)=O)c(OCC)c4)c(=O)n32)cc1OCC. The number of carbonyl (C=O) groups is 2. The van der Waals surface area contributed by atoms with E-state index in [9.17, 15) is 14.4 Å². The molecule has 0 saturated heterocycles. The van der Waals surface area contributed by atoms with Crippen molar-refractivity contribution in [1.29, 1.82) is 0 Å². The van der Waals surface area contributed by atoms with Gasteiger partial charge in [-0.1, -0.05) is 23.5 Å². The molecule has 11 heteroatoms. The van der Waals surface area contributed by atoms with Crippen molar-refractivity contribution >= 4 is 29.4 Å². The number of fused-ring (bicyclic) bond motifs is 1. The number of rotatable bonds is 10. The van der Waals surface area contributed by atoms with Crippen LogP contribution < -0.4 is 33.8 Å². The van der Waals surface area contributed by atoms with Crippen LogP contribution in [-0.4, -0.2) is 43.4 Å². The van der Waals surface area contributed by atoms with Crippen LogP contribution >= 0.6 is 11.3 Å². The minimum absolute atomic E-state index is 0.206. The molecular weight excluding hydrogens is 536 g/mol. The predicted molar refractivity (Wildman–Crippen MR) is 149 cm³/mol. The molecule has 1 aromatic heterocycles. The lowest BCUT2D eigenvalue weighted by Gasteiger charge is -2.23. The first kappa shape index (κ1) is 28.6. The van der Waals surface area contributed by atoms with Gasteiger partial charge in [0.1, 0.15) is 0 Å². The number of carbonyl (C=O) groups excluding carboxylic acids is 2. The lowest BCUT2D eigenvalue weighted by molar-refractivity contribution is -0.136. The molecule has 2 heterocycles. The molecule has 0 amide bonds. The number of nitrogens with zero attached hydrogens (tertiary/aromatic N) is 2. The van der Waals surface area contributed by atoms with E-state index in [0.717, 1.165) is 0 Å². The second-order valence-corrected chi connectivity index (χ2v) is 9.49. The molecular formula is C29H30N2O8S. The molecule has 0 saturated carbocycles. The lowest BCUT2D eigenvalue weighted by atomic mass is 9.97. The average Bonchev–Trinajstić information content (AvgIpc) is 3.25. The van der Waals surface area contributed by atoms with Crippen LogP contribution in [0.25, 0.3) is 6.08 Å². The van der Waals surface area contributed by atoms with Crippen molar-refractivity contribution in [2.75, 3.05) is 26.9 Å². The summed E-state index contributed by atoms with van der Waals surface area (Å²) in [5.74, 6) is 0.662. The number of ether oxygens (including phenoxy) is 5. The average molecular weight is 567 g/mol. The van der Waals surface area contributed by atoms with Gasteiger partial charge in [0.05, 0.1) is 43.1 Å². The van der Waals surface area contributed by atoms with Crippen molar-refractivity contribution in [1.82, 2.24) is 4.57 Å². The van der Waals surface area contributed by atoms with Crippen molar-refractivity contribution in [3.63, 3.8) is 0 Å². The molecule has 0 spiro atoms. The van der Waals surface area contributed by atoms with Crippen LogP contribution in [0.2, 0.25) is 0 Å². The summed E-state index contributed by atoms with van der Waals surface area (Å²) < 4.78 is 29.2. The molecule has 3 aromatic rings. The Labute approximate surface area is 234 Å². The number of hydrogen-bond acceptors (Lipinski definition) is 10. The van der Waals surface area contributed by atoms with Crippen molar-refractivity contribution in [3.8, 4) is 23.0 Å². The Hall–Kier alpha value is -4.38. The monoisotopic (exact) mass is 566 g/mol. The lowest BCUT2D eigenvalue weighted by Crippen LogP contribution is -2.39. The third kappa shape index (κ3) is 5.94. The van der Waals surface area contributed by atoms with Crippen LogP contribution in [0.15, 0.2) is 58.0 Å². The van der Waals surface area contributed by atoms with E-state index in [4.69, 9.17) is 23.7 Å². The topological polar surface area (TPSA) is 115 Å². The summed E-state index contributed by atoms with van der Waals surface area (Å²) in [6.07, 6.45) is 3.13. The zero-order valence-corrected chi connectivity index (χ0v) is 23.7. The molecule has 4 rings (SSSR count). The Balaban J connectivity index is 1.86. The van der Waals surface area contributed by atoms with E-state index in [1.807, 2.05) is 20.8 Å². The summed E-state index contributed by atoms with van der Waals surface area (Å²) in [6, 6.07) is 9.54. The van der Waals surface area contributed by atoms with E-state index in [0.29, 0.717) is 57.5 Å². The summed E-state index contributed by atoms with van der Waals surface area (Å²) in [4.78, 5) is 42.9. The highest BCUT2D eigenvalue weighted by Crippen LogP contribution is 2.35. The van der Waals surface area contributed by atoms with Gasteiger partial charge in [0.15, 0.2) is 27.8 Å². The Morgan fingerprint density at radius 2 is 1.60 bits per heavy atom. The van der Waals surface area contributed by atoms with Gasteiger partial charge in [-0.3, -0.25) is 14.2 Å². The van der Waals surface area contributed by atoms with Gasteiger partial charge in [0, 0.05) is 13.1 Å². The third-order valence-electron chi connectivity index (χ3n) is 5.83. The van der Waals surface area contributed by atoms with Crippen molar-refractivity contribution in [2.45, 2.75) is 33.7 Å². The third-order valence-corrected chi connectivity index (χ3v) is 6.82. The molecule has 1 atom stereocenters. The minimum Gasteiger partial charge on any atom is -0.490 e. The summed E-state index contributed by atoms with van der Waals surface area (Å²) in [5.41, 5.74) is 1.16. The first-order chi connectivity index (χ1) is 19.3. The Kier molecular flexibility index (Phi) is 9.05. The van der Waals surface area contributed by atoms with Crippen LogP contribution in [-0.2, 0) is 14.3 Å². The summed E-state index contributed by atoms with van der Waals surface area (Å²) in [6.45, 7) is 8.09. The molecule has 0 unspecified atom stereocenters. The number of methoxy groups -OCH3 is 1. The minimum atomic E-state index is -0.800. The highest BCUT2D eigenvalue weighted by molar-refractivity contribution is 7.07. The Bertz CT molecular complexity index is 1640. The first-order valence-corrected chi connectivity index (χ1v) is 13.6. The van der Waals surface area contributed by atoms with Gasteiger partial charge in [-0.15, -0.1) is 0 Å². The second-order valence-electron chi connectivity index (χ2n) is 8.48. The van der Waals surface area contributed by atoms with Gasteiger partial charge in [0.25, 0.3) is 5.56 Å². The van der Waals surface area contributed by atoms with E-state index in [1.54, 1.807) is 42.5 Å². The predicted octanol–water partition coefficient (Wildman–Crippen LogP) is 3.14. The molecule has 0 fully saturated rings. The van der Waals surface area contributed by atoms with Gasteiger partial charge < -0.3 is 23.7 Å². The molecule has 10 nitrogen and oxygen atoms in total. The summed E-state index contributed by atoms with van der Waals surface area (Å²) >= 11 is 1.19. The summed E-state index contributed by atoms with van der Waals surface area (Å²) in [5, 5.41) is 0. The van der Waals surface area contributed by atoms with Crippen LogP contribution in [0, 0.1) is 0 Å². The smallest absolute Gasteiger partial charge is 0.337 e. The van der Waals surface area contributed by atoms with Crippen LogP contribution in [0.4, 0.5) is 0 Å². The van der Waals surface area contributed by atoms with Crippen molar-refractivity contribution in [3.05, 3.63) is 79.0 Å². The molecule has 0 N–H and O–H groups in total. The Morgan fingerprint density at radius 1 is 0.950 bits per heavy atom. The van der Waals surface area contributed by atoms with E-state index < -0.39 is 18.0 Å². The van der Waals surface area contributed by atoms with Gasteiger partial charge in [-0.05, 0) is 62.2 Å². The molecule has 40 heavy (non-hydrogen) atoms. The Morgan fingerprint density at radius 3 is 2.25 bits per heavy atom. The molecule has 2 aromatic carbocycles. The van der Waals surface area contributed by atoms with Crippen LogP contribution in [0.5, 0.6) is 23.0 Å². The van der Waals surface area contributed by atoms with Gasteiger partial charge in [-0.2, -0.15) is 0 Å². The summed E-state index contributed by atoms with van der Waals surface area (Å²) in [7, 11) is 1.28. The highest BCUT2D eigenvalue weighted by Gasteiger charge is 2.31. The van der Waals surface area contributed by atoms with Gasteiger partial charge in [-0.25, -0.2) is 9.79 Å². The van der Waals surface area contributed by atoms with Crippen molar-refractivity contribution < 1.29 is 33.3 Å². The zero-order valence-electron chi connectivity index (χ0n) is 22.9. The molecule has 210 valence electrons. The number of hydrogen-bond donors (Lipinski definition) is 0. The molecule has 0 radical (unpaired) electrons. The van der Waals surface area contributed by atoms with E-state index in [-0.39, 0.29) is 16.9 Å². The quantitative estimate of drug-likeness (QED) is 0.272. The number of aromatic nitrogens is 1. The normalized spacial score (nSPS) is 14.5. The molecule has 1 aliphatic rings. The van der Waals surface area contributed by atoms with E-state index in [2.05, 4.69) is 4.99 Å². The number of esters is 2. The van der Waals surface area contributed by atoms with Gasteiger partial charge in [0.2, 0.25) is 0 Å². The number of thiazole rings is 1. The number of benzene rings is 2. The second kappa shape index (κ2) is 12.6. The fraction of sp³-hybridized carbons (Fsp3) is 0.310. The maximum Gasteiger partial charge on any atom is 0.337 e. The van der Waals surface area contributed by atoms with E-state index in [1.165, 1.54) is 36.1 Å². The molecule has 0 aliphatic carbocycles. The highest BCUT2D eigenvalue weighted by atomic mass is 32.1.